The molecule has 0 atom stereocenters. The molecule has 1 heterocycles. The highest BCUT2D eigenvalue weighted by atomic mass is 127. The summed E-state index contributed by atoms with van der Waals surface area (Å²) in [5.74, 6) is 1.06. The summed E-state index contributed by atoms with van der Waals surface area (Å²) in [5.41, 5.74) is 2.50. The number of fused-ring (bicyclic) bond motifs is 1. The SMILES string of the molecule is O=C1CCc2cc(I)ccc2N1CC1CC1. The highest BCUT2D eigenvalue weighted by Gasteiger charge is 2.30. The standard InChI is InChI=1S/C13H14INO/c14-11-4-5-12-10(7-11)3-6-13(16)15(12)8-9-1-2-9/h4-5,7,9H,1-3,6,8H2. The number of nitrogens with zero attached hydrogens (tertiary/aromatic N) is 1. The molecule has 1 aromatic rings. The number of anilines is 1. The Morgan fingerprint density at radius 1 is 1.31 bits per heavy atom. The van der Waals surface area contributed by atoms with Gasteiger partial charge in [-0.2, -0.15) is 0 Å². The van der Waals surface area contributed by atoms with E-state index in [1.807, 2.05) is 4.90 Å². The van der Waals surface area contributed by atoms with Gasteiger partial charge in [0.15, 0.2) is 0 Å². The average molecular weight is 327 g/mol. The number of halogens is 1. The number of amides is 1. The third-order valence-corrected chi connectivity index (χ3v) is 4.05. The zero-order valence-corrected chi connectivity index (χ0v) is 11.2. The van der Waals surface area contributed by atoms with Crippen molar-refractivity contribution in [3.05, 3.63) is 27.3 Å². The Labute approximate surface area is 109 Å². The van der Waals surface area contributed by atoms with Crippen LogP contribution in [0, 0.1) is 9.49 Å². The van der Waals surface area contributed by atoms with Crippen LogP contribution in [0.2, 0.25) is 0 Å². The van der Waals surface area contributed by atoms with Crippen LogP contribution in [0.4, 0.5) is 5.69 Å². The minimum absolute atomic E-state index is 0.306. The van der Waals surface area contributed by atoms with E-state index in [1.54, 1.807) is 0 Å². The number of hydrogen-bond acceptors (Lipinski definition) is 1. The third kappa shape index (κ3) is 1.97. The molecule has 0 N–H and O–H groups in total. The van der Waals surface area contributed by atoms with Gasteiger partial charge in [0.1, 0.15) is 0 Å². The van der Waals surface area contributed by atoms with Crippen LogP contribution in [0.5, 0.6) is 0 Å². The fraction of sp³-hybridized carbons (Fsp3) is 0.462. The van der Waals surface area contributed by atoms with Gasteiger partial charge in [0.25, 0.3) is 0 Å². The first-order chi connectivity index (χ1) is 7.74. The van der Waals surface area contributed by atoms with Gasteiger partial charge in [0.05, 0.1) is 0 Å². The highest BCUT2D eigenvalue weighted by Crippen LogP contribution is 2.35. The Balaban J connectivity index is 1.95. The number of hydrogen-bond donors (Lipinski definition) is 0. The molecule has 0 radical (unpaired) electrons. The molecule has 1 fully saturated rings. The maximum absolute atomic E-state index is 11.9. The summed E-state index contributed by atoms with van der Waals surface area (Å²) in [6, 6.07) is 6.41. The topological polar surface area (TPSA) is 20.3 Å². The lowest BCUT2D eigenvalue weighted by Gasteiger charge is -2.29. The fourth-order valence-corrected chi connectivity index (χ4v) is 2.84. The molecular formula is C13H14INO. The van der Waals surface area contributed by atoms with E-state index in [4.69, 9.17) is 0 Å². The zero-order valence-electron chi connectivity index (χ0n) is 9.08. The van der Waals surface area contributed by atoms with Crippen molar-refractivity contribution in [1.82, 2.24) is 0 Å². The molecule has 0 saturated heterocycles. The van der Waals surface area contributed by atoms with Crippen molar-refractivity contribution in [2.75, 3.05) is 11.4 Å². The van der Waals surface area contributed by atoms with Crippen LogP contribution >= 0.6 is 22.6 Å². The highest BCUT2D eigenvalue weighted by molar-refractivity contribution is 14.1. The predicted molar refractivity (Wildman–Crippen MR) is 72.6 cm³/mol. The molecule has 84 valence electrons. The smallest absolute Gasteiger partial charge is 0.227 e. The van der Waals surface area contributed by atoms with Crippen LogP contribution in [-0.2, 0) is 11.2 Å². The summed E-state index contributed by atoms with van der Waals surface area (Å²) >= 11 is 2.33. The zero-order chi connectivity index (χ0) is 11.1. The second-order valence-corrected chi connectivity index (χ2v) is 5.97. The Bertz CT molecular complexity index is 440. The monoisotopic (exact) mass is 327 g/mol. The summed E-state index contributed by atoms with van der Waals surface area (Å²) in [5, 5.41) is 0. The van der Waals surface area contributed by atoms with Crippen molar-refractivity contribution in [2.45, 2.75) is 25.7 Å². The number of benzene rings is 1. The van der Waals surface area contributed by atoms with Gasteiger partial charge in [-0.3, -0.25) is 4.79 Å². The van der Waals surface area contributed by atoms with Crippen LogP contribution in [-0.4, -0.2) is 12.5 Å². The summed E-state index contributed by atoms with van der Waals surface area (Å²) in [7, 11) is 0. The van der Waals surface area contributed by atoms with Crippen molar-refractivity contribution in [1.29, 1.82) is 0 Å². The minimum atomic E-state index is 0.306. The van der Waals surface area contributed by atoms with Gasteiger partial charge in [0, 0.05) is 22.2 Å². The first-order valence-electron chi connectivity index (χ1n) is 5.83. The van der Waals surface area contributed by atoms with E-state index < -0.39 is 0 Å². The summed E-state index contributed by atoms with van der Waals surface area (Å²) in [4.78, 5) is 13.9. The Hall–Kier alpha value is -0.580. The normalized spacial score (nSPS) is 19.8. The van der Waals surface area contributed by atoms with Gasteiger partial charge >= 0.3 is 0 Å². The van der Waals surface area contributed by atoms with E-state index >= 15 is 0 Å². The quantitative estimate of drug-likeness (QED) is 0.765. The van der Waals surface area contributed by atoms with Gasteiger partial charge in [-0.25, -0.2) is 0 Å². The molecule has 2 aliphatic rings. The fourth-order valence-electron chi connectivity index (χ4n) is 2.29. The van der Waals surface area contributed by atoms with Crippen molar-refractivity contribution in [2.24, 2.45) is 5.92 Å². The lowest BCUT2D eigenvalue weighted by Crippen LogP contribution is -2.36. The van der Waals surface area contributed by atoms with Gasteiger partial charge in [-0.15, -0.1) is 0 Å². The maximum atomic E-state index is 11.9. The van der Waals surface area contributed by atoms with Crippen LogP contribution in [0.15, 0.2) is 18.2 Å². The van der Waals surface area contributed by atoms with Crippen LogP contribution in [0.1, 0.15) is 24.8 Å². The van der Waals surface area contributed by atoms with Gasteiger partial charge < -0.3 is 4.90 Å². The molecule has 16 heavy (non-hydrogen) atoms. The van der Waals surface area contributed by atoms with Crippen LogP contribution in [0.25, 0.3) is 0 Å². The molecule has 0 bridgehead atoms. The van der Waals surface area contributed by atoms with E-state index in [0.29, 0.717) is 12.3 Å². The minimum Gasteiger partial charge on any atom is -0.312 e. The Morgan fingerprint density at radius 2 is 2.12 bits per heavy atom. The second kappa shape index (κ2) is 4.02. The van der Waals surface area contributed by atoms with E-state index in [2.05, 4.69) is 40.8 Å². The largest absolute Gasteiger partial charge is 0.312 e. The first kappa shape index (κ1) is 10.6. The summed E-state index contributed by atoms with van der Waals surface area (Å²) in [6.45, 7) is 0.937. The van der Waals surface area contributed by atoms with Gasteiger partial charge in [-0.1, -0.05) is 0 Å². The number of aryl methyl sites for hydroxylation is 1. The van der Waals surface area contributed by atoms with E-state index in [0.717, 1.165) is 24.6 Å². The molecule has 1 aliphatic heterocycles. The predicted octanol–water partition coefficient (Wildman–Crippen LogP) is 2.98. The van der Waals surface area contributed by atoms with E-state index in [9.17, 15) is 4.79 Å². The molecule has 3 rings (SSSR count). The van der Waals surface area contributed by atoms with Crippen molar-refractivity contribution in [3.8, 4) is 0 Å². The molecule has 1 aliphatic carbocycles. The maximum Gasteiger partial charge on any atom is 0.227 e. The lowest BCUT2D eigenvalue weighted by atomic mass is 10.0. The van der Waals surface area contributed by atoms with E-state index in [1.165, 1.54) is 22.0 Å². The first-order valence-corrected chi connectivity index (χ1v) is 6.91. The molecule has 1 saturated carbocycles. The Morgan fingerprint density at radius 3 is 2.88 bits per heavy atom. The summed E-state index contributed by atoms with van der Waals surface area (Å²) in [6.07, 6.45) is 4.18. The van der Waals surface area contributed by atoms with Crippen LogP contribution < -0.4 is 4.90 Å². The molecule has 3 heteroatoms. The summed E-state index contributed by atoms with van der Waals surface area (Å²) < 4.78 is 1.26. The molecule has 1 amide bonds. The van der Waals surface area contributed by atoms with Gasteiger partial charge in [-0.05, 0) is 71.5 Å². The van der Waals surface area contributed by atoms with Gasteiger partial charge in [0.2, 0.25) is 5.91 Å². The molecule has 0 unspecified atom stereocenters. The number of carbonyl (C=O) groups is 1. The molecule has 1 aromatic carbocycles. The molecule has 0 aromatic heterocycles. The third-order valence-electron chi connectivity index (χ3n) is 3.38. The van der Waals surface area contributed by atoms with Crippen LogP contribution in [0.3, 0.4) is 0 Å². The lowest BCUT2D eigenvalue weighted by molar-refractivity contribution is -0.118. The number of carbonyl (C=O) groups excluding carboxylic acids is 1. The Kier molecular flexibility index (Phi) is 2.65. The van der Waals surface area contributed by atoms with E-state index in [-0.39, 0.29) is 0 Å². The van der Waals surface area contributed by atoms with Crippen molar-refractivity contribution < 1.29 is 4.79 Å². The van der Waals surface area contributed by atoms with Crippen molar-refractivity contribution in [3.63, 3.8) is 0 Å². The molecule has 0 spiro atoms. The average Bonchev–Trinajstić information content (AvgIpc) is 3.06. The van der Waals surface area contributed by atoms with Crippen molar-refractivity contribution >= 4 is 34.2 Å². The molecular weight excluding hydrogens is 313 g/mol. The second-order valence-electron chi connectivity index (χ2n) is 4.72. The molecule has 2 nitrogen and oxygen atoms in total. The number of rotatable bonds is 2.